The molecule has 0 spiro atoms. The zero-order valence-electron chi connectivity index (χ0n) is 18.6. The van der Waals surface area contributed by atoms with Crippen LogP contribution in [0.2, 0.25) is 0 Å². The van der Waals surface area contributed by atoms with Crippen LogP contribution in [-0.2, 0) is 0 Å². The van der Waals surface area contributed by atoms with E-state index in [4.69, 9.17) is 14.8 Å². The van der Waals surface area contributed by atoms with Gasteiger partial charge in [0, 0.05) is 43.5 Å². The second-order valence-corrected chi connectivity index (χ2v) is 8.67. The number of halogens is 1. The molecule has 1 amide bonds. The van der Waals surface area contributed by atoms with Crippen LogP contribution < -0.4 is 9.64 Å². The van der Waals surface area contributed by atoms with E-state index in [1.807, 2.05) is 21.7 Å². The van der Waals surface area contributed by atoms with Gasteiger partial charge in [-0.05, 0) is 51.2 Å². The molecule has 5 rings (SSSR count). The van der Waals surface area contributed by atoms with Crippen LogP contribution in [0, 0.1) is 12.7 Å². The van der Waals surface area contributed by atoms with Crippen molar-refractivity contribution >= 4 is 17.4 Å². The largest absolute Gasteiger partial charge is 0.496 e. The summed E-state index contributed by atoms with van der Waals surface area (Å²) in [6.45, 7) is 4.77. The Balaban J connectivity index is 1.49. The standard InChI is InChI=1S/C24H28FN5O2/c1-16-15-30-22(26-23(16)28-10-5-6-11-28)14-19(27-30)20-7-3-4-12-29(20)24(31)18-9-8-17(25)13-21(18)32-2/h8-9,13-15,20H,3-7,10-12H2,1-2H3. The molecule has 32 heavy (non-hydrogen) atoms. The summed E-state index contributed by atoms with van der Waals surface area (Å²) in [5.74, 6) is 0.686. The molecular formula is C24H28FN5O2. The van der Waals surface area contributed by atoms with Crippen molar-refractivity contribution in [1.82, 2.24) is 19.5 Å². The molecule has 7 nitrogen and oxygen atoms in total. The van der Waals surface area contributed by atoms with Gasteiger partial charge < -0.3 is 14.5 Å². The quantitative estimate of drug-likeness (QED) is 0.614. The number of ether oxygens (including phenoxy) is 1. The van der Waals surface area contributed by atoms with Crippen molar-refractivity contribution in [1.29, 1.82) is 0 Å². The van der Waals surface area contributed by atoms with Crippen molar-refractivity contribution in [2.24, 2.45) is 0 Å². The number of carbonyl (C=O) groups is 1. The fourth-order valence-corrected chi connectivity index (χ4v) is 4.91. The van der Waals surface area contributed by atoms with Crippen LogP contribution in [0.3, 0.4) is 0 Å². The minimum atomic E-state index is -0.427. The second-order valence-electron chi connectivity index (χ2n) is 8.67. The predicted octanol–water partition coefficient (Wildman–Crippen LogP) is 4.15. The maximum absolute atomic E-state index is 13.6. The summed E-state index contributed by atoms with van der Waals surface area (Å²) < 4.78 is 20.7. The number of nitrogens with zero attached hydrogens (tertiary/aromatic N) is 5. The summed E-state index contributed by atoms with van der Waals surface area (Å²) in [7, 11) is 1.45. The normalized spacial score (nSPS) is 19.0. The van der Waals surface area contributed by atoms with Gasteiger partial charge in [-0.25, -0.2) is 13.9 Å². The van der Waals surface area contributed by atoms with Crippen molar-refractivity contribution in [3.05, 3.63) is 53.1 Å². The number of rotatable bonds is 4. The van der Waals surface area contributed by atoms with E-state index in [0.29, 0.717) is 12.1 Å². The molecule has 0 saturated carbocycles. The highest BCUT2D eigenvalue weighted by atomic mass is 19.1. The maximum atomic E-state index is 13.6. The van der Waals surface area contributed by atoms with Gasteiger partial charge in [0.15, 0.2) is 5.65 Å². The molecule has 2 aliphatic heterocycles. The molecule has 0 radical (unpaired) electrons. The smallest absolute Gasteiger partial charge is 0.258 e. The first kappa shape index (κ1) is 20.7. The number of hydrogen-bond acceptors (Lipinski definition) is 5. The molecule has 2 fully saturated rings. The Kier molecular flexibility index (Phi) is 5.45. The van der Waals surface area contributed by atoms with Crippen LogP contribution in [0.4, 0.5) is 10.2 Å². The topological polar surface area (TPSA) is 63.0 Å². The fraction of sp³-hybridized carbons (Fsp3) is 0.458. The predicted molar refractivity (Wildman–Crippen MR) is 120 cm³/mol. The van der Waals surface area contributed by atoms with E-state index in [1.54, 1.807) is 0 Å². The van der Waals surface area contributed by atoms with Gasteiger partial charge in [-0.15, -0.1) is 0 Å². The zero-order valence-corrected chi connectivity index (χ0v) is 18.6. The Hall–Kier alpha value is -3.16. The number of piperidine rings is 1. The van der Waals surface area contributed by atoms with E-state index in [9.17, 15) is 9.18 Å². The van der Waals surface area contributed by atoms with E-state index >= 15 is 0 Å². The number of aryl methyl sites for hydroxylation is 1. The maximum Gasteiger partial charge on any atom is 0.258 e. The van der Waals surface area contributed by atoms with Crippen LogP contribution in [0.15, 0.2) is 30.5 Å². The van der Waals surface area contributed by atoms with Gasteiger partial charge in [0.1, 0.15) is 17.4 Å². The highest BCUT2D eigenvalue weighted by molar-refractivity contribution is 5.97. The summed E-state index contributed by atoms with van der Waals surface area (Å²) in [5, 5.41) is 4.80. The molecule has 1 aromatic carbocycles. The van der Waals surface area contributed by atoms with Crippen LogP contribution in [0.1, 0.15) is 59.8 Å². The Morgan fingerprint density at radius 2 is 1.91 bits per heavy atom. The summed E-state index contributed by atoms with van der Waals surface area (Å²) in [6, 6.07) is 5.90. The number of carbonyl (C=O) groups excluding carboxylic acids is 1. The summed E-state index contributed by atoms with van der Waals surface area (Å²) in [6.07, 6.45) is 7.20. The van der Waals surface area contributed by atoms with Gasteiger partial charge in [0.2, 0.25) is 0 Å². The zero-order chi connectivity index (χ0) is 22.2. The minimum absolute atomic E-state index is 0.150. The summed E-state index contributed by atoms with van der Waals surface area (Å²) in [4.78, 5) is 22.5. The lowest BCUT2D eigenvalue weighted by Gasteiger charge is -2.35. The number of hydrogen-bond donors (Lipinski definition) is 0. The lowest BCUT2D eigenvalue weighted by Crippen LogP contribution is -2.38. The summed E-state index contributed by atoms with van der Waals surface area (Å²) >= 11 is 0. The Labute approximate surface area is 186 Å². The van der Waals surface area contributed by atoms with Gasteiger partial charge in [-0.3, -0.25) is 4.79 Å². The van der Waals surface area contributed by atoms with E-state index in [-0.39, 0.29) is 17.7 Å². The van der Waals surface area contributed by atoms with E-state index in [1.165, 1.54) is 38.2 Å². The molecule has 2 aliphatic rings. The van der Waals surface area contributed by atoms with Crippen LogP contribution >= 0.6 is 0 Å². The third-order valence-electron chi connectivity index (χ3n) is 6.53. The average Bonchev–Trinajstić information content (AvgIpc) is 3.47. The highest BCUT2D eigenvalue weighted by Gasteiger charge is 2.32. The second kappa shape index (κ2) is 8.41. The lowest BCUT2D eigenvalue weighted by atomic mass is 9.98. The van der Waals surface area contributed by atoms with E-state index in [0.717, 1.165) is 55.1 Å². The van der Waals surface area contributed by atoms with Gasteiger partial charge in [-0.1, -0.05) is 0 Å². The molecule has 0 aliphatic carbocycles. The minimum Gasteiger partial charge on any atom is -0.496 e. The van der Waals surface area contributed by atoms with Crippen molar-refractivity contribution in [3.63, 3.8) is 0 Å². The molecule has 168 valence electrons. The number of methoxy groups -OCH3 is 1. The molecule has 3 aromatic rings. The first-order valence-electron chi connectivity index (χ1n) is 11.3. The monoisotopic (exact) mass is 437 g/mol. The molecule has 8 heteroatoms. The van der Waals surface area contributed by atoms with E-state index in [2.05, 4.69) is 11.8 Å². The van der Waals surface area contributed by atoms with Crippen molar-refractivity contribution < 1.29 is 13.9 Å². The number of aromatic nitrogens is 3. The molecule has 0 N–H and O–H groups in total. The Morgan fingerprint density at radius 3 is 2.69 bits per heavy atom. The highest BCUT2D eigenvalue weighted by Crippen LogP contribution is 2.34. The lowest BCUT2D eigenvalue weighted by molar-refractivity contribution is 0.0602. The third kappa shape index (κ3) is 3.67. The van der Waals surface area contributed by atoms with Crippen LogP contribution in [0.5, 0.6) is 5.75 Å². The third-order valence-corrected chi connectivity index (χ3v) is 6.53. The Bertz CT molecular complexity index is 1150. The SMILES string of the molecule is COc1cc(F)ccc1C(=O)N1CCCCC1c1cc2nc(N3CCCC3)c(C)cn2n1. The number of amides is 1. The first-order valence-corrected chi connectivity index (χ1v) is 11.3. The molecule has 1 atom stereocenters. The molecule has 1 unspecified atom stereocenters. The van der Waals surface area contributed by atoms with Gasteiger partial charge in [-0.2, -0.15) is 5.10 Å². The molecule has 0 bridgehead atoms. The van der Waals surface area contributed by atoms with Gasteiger partial charge in [0.25, 0.3) is 5.91 Å². The van der Waals surface area contributed by atoms with Crippen LogP contribution in [0.25, 0.3) is 5.65 Å². The number of anilines is 1. The van der Waals surface area contributed by atoms with Gasteiger partial charge >= 0.3 is 0 Å². The fourth-order valence-electron chi connectivity index (χ4n) is 4.91. The van der Waals surface area contributed by atoms with Gasteiger partial charge in [0.05, 0.1) is 24.4 Å². The van der Waals surface area contributed by atoms with Crippen molar-refractivity contribution in [3.8, 4) is 5.75 Å². The molecule has 2 saturated heterocycles. The average molecular weight is 438 g/mol. The Morgan fingerprint density at radius 1 is 1.12 bits per heavy atom. The summed E-state index contributed by atoms with van der Waals surface area (Å²) in [5.41, 5.74) is 3.10. The molecular weight excluding hydrogens is 409 g/mol. The number of benzene rings is 1. The number of fused-ring (bicyclic) bond motifs is 1. The number of likely N-dealkylation sites (tertiary alicyclic amines) is 1. The van der Waals surface area contributed by atoms with Crippen molar-refractivity contribution in [2.75, 3.05) is 31.6 Å². The van der Waals surface area contributed by atoms with Crippen LogP contribution in [-0.4, -0.2) is 52.1 Å². The molecule has 2 aromatic heterocycles. The van der Waals surface area contributed by atoms with Crippen molar-refractivity contribution in [2.45, 2.75) is 45.1 Å². The van der Waals surface area contributed by atoms with E-state index < -0.39 is 5.82 Å². The first-order chi connectivity index (χ1) is 15.5. The molecule has 4 heterocycles.